The molecule has 47 valence electrons. The van der Waals surface area contributed by atoms with Crippen molar-refractivity contribution in [2.75, 3.05) is 0 Å². The van der Waals surface area contributed by atoms with Crippen molar-refractivity contribution in [2.24, 2.45) is 5.41 Å². The number of carbonyl (C=O) groups excluding carboxylic acids is 1. The fourth-order valence-corrected chi connectivity index (χ4v) is 0.650. The highest BCUT2D eigenvalue weighted by Gasteiger charge is 2.19. The van der Waals surface area contributed by atoms with E-state index in [1.54, 1.807) is 0 Å². The van der Waals surface area contributed by atoms with E-state index in [-0.39, 0.29) is 10.5 Å². The molecule has 0 rings (SSSR count). The molecule has 0 aliphatic carbocycles. The lowest BCUT2D eigenvalue weighted by Crippen LogP contribution is -2.15. The molecule has 0 spiro atoms. The third kappa shape index (κ3) is 2.36. The summed E-state index contributed by atoms with van der Waals surface area (Å²) in [7, 11) is 0. The van der Waals surface area contributed by atoms with Crippen LogP contribution >= 0.6 is 11.8 Å². The Morgan fingerprint density at radius 1 is 1.50 bits per heavy atom. The van der Waals surface area contributed by atoms with Crippen LogP contribution in [-0.2, 0) is 4.79 Å². The molecule has 0 aliphatic heterocycles. The number of rotatable bonds is 0. The SMILES string of the molecule is [CH2]SC(=O)C(C)(C)C. The summed E-state index contributed by atoms with van der Waals surface area (Å²) in [6.07, 6.45) is 3.42. The topological polar surface area (TPSA) is 17.1 Å². The van der Waals surface area contributed by atoms with Crippen molar-refractivity contribution in [3.05, 3.63) is 6.26 Å². The lowest BCUT2D eigenvalue weighted by molar-refractivity contribution is -0.117. The molecule has 0 unspecified atom stereocenters. The van der Waals surface area contributed by atoms with Gasteiger partial charge in [0.15, 0.2) is 5.12 Å². The maximum atomic E-state index is 10.7. The molecule has 0 bridgehead atoms. The molecule has 0 saturated heterocycles. The number of hydrogen-bond acceptors (Lipinski definition) is 2. The van der Waals surface area contributed by atoms with Gasteiger partial charge in [0.2, 0.25) is 0 Å². The van der Waals surface area contributed by atoms with Crippen LogP contribution in [0.2, 0.25) is 0 Å². The summed E-state index contributed by atoms with van der Waals surface area (Å²) in [5.41, 5.74) is -0.230. The van der Waals surface area contributed by atoms with Crippen LogP contribution in [0.4, 0.5) is 0 Å². The van der Waals surface area contributed by atoms with E-state index in [4.69, 9.17) is 0 Å². The molecule has 2 heteroatoms. The van der Waals surface area contributed by atoms with Gasteiger partial charge in [0.25, 0.3) is 0 Å². The molecule has 0 heterocycles. The Labute approximate surface area is 54.8 Å². The quantitative estimate of drug-likeness (QED) is 0.500. The first kappa shape index (κ1) is 8.02. The van der Waals surface area contributed by atoms with Crippen molar-refractivity contribution in [1.29, 1.82) is 0 Å². The second-order valence-corrected chi connectivity index (χ2v) is 3.34. The predicted molar refractivity (Wildman–Crippen MR) is 37.4 cm³/mol. The smallest absolute Gasteiger partial charge is 0.194 e. The van der Waals surface area contributed by atoms with E-state index in [0.29, 0.717) is 0 Å². The number of carbonyl (C=O) groups is 1. The van der Waals surface area contributed by atoms with E-state index in [9.17, 15) is 4.79 Å². The van der Waals surface area contributed by atoms with Crippen LogP contribution in [0.1, 0.15) is 20.8 Å². The van der Waals surface area contributed by atoms with Gasteiger partial charge in [-0.2, -0.15) is 0 Å². The summed E-state index contributed by atoms with van der Waals surface area (Å²) in [6.45, 7) is 5.65. The van der Waals surface area contributed by atoms with Crippen molar-refractivity contribution in [2.45, 2.75) is 20.8 Å². The Hall–Kier alpha value is 0.0200. The van der Waals surface area contributed by atoms with Crippen LogP contribution in [0, 0.1) is 11.7 Å². The standard InChI is InChI=1S/C6H11OS/c1-6(2,3)5(7)8-4/h4H2,1-3H3. The van der Waals surface area contributed by atoms with E-state index in [0.717, 1.165) is 11.8 Å². The molecule has 0 atom stereocenters. The van der Waals surface area contributed by atoms with Crippen LogP contribution in [0.3, 0.4) is 0 Å². The van der Waals surface area contributed by atoms with Crippen molar-refractivity contribution in [3.63, 3.8) is 0 Å². The maximum absolute atomic E-state index is 10.7. The molecule has 1 radical (unpaired) electrons. The summed E-state index contributed by atoms with van der Waals surface area (Å²) in [5.74, 6) is 0. The van der Waals surface area contributed by atoms with Gasteiger partial charge in [0.1, 0.15) is 0 Å². The zero-order valence-corrected chi connectivity index (χ0v) is 6.34. The second kappa shape index (κ2) is 2.53. The maximum Gasteiger partial charge on any atom is 0.194 e. The van der Waals surface area contributed by atoms with E-state index >= 15 is 0 Å². The second-order valence-electron chi connectivity index (χ2n) is 2.68. The molecule has 0 N–H and O–H groups in total. The lowest BCUT2D eigenvalue weighted by Gasteiger charge is -2.12. The molecule has 1 nitrogen and oxygen atoms in total. The summed E-state index contributed by atoms with van der Waals surface area (Å²) in [4.78, 5) is 10.7. The fraction of sp³-hybridized carbons (Fsp3) is 0.667. The zero-order valence-electron chi connectivity index (χ0n) is 5.52. The Balaban J connectivity index is 3.82. The van der Waals surface area contributed by atoms with Gasteiger partial charge in [-0.05, 0) is 0 Å². The van der Waals surface area contributed by atoms with Gasteiger partial charge in [-0.1, -0.05) is 32.5 Å². The normalized spacial score (nSPS) is 11.5. The highest BCUT2D eigenvalue weighted by Crippen LogP contribution is 2.21. The van der Waals surface area contributed by atoms with Crippen molar-refractivity contribution >= 4 is 16.9 Å². The summed E-state index contributed by atoms with van der Waals surface area (Å²) >= 11 is 1.04. The molecule has 0 saturated carbocycles. The largest absolute Gasteiger partial charge is 0.287 e. The highest BCUT2D eigenvalue weighted by molar-refractivity contribution is 8.14. The Bertz CT molecular complexity index is 91.2. The van der Waals surface area contributed by atoms with Gasteiger partial charge < -0.3 is 0 Å². The van der Waals surface area contributed by atoms with Crippen LogP contribution in [-0.4, -0.2) is 5.12 Å². The fourth-order valence-electron chi connectivity index (χ4n) is 0.217. The molecular formula is C6H11OS. The zero-order chi connectivity index (χ0) is 6.78. The molecule has 0 aromatic heterocycles. The average Bonchev–Trinajstić information content (AvgIpc) is 1.62. The molecule has 0 aromatic carbocycles. The average molecular weight is 131 g/mol. The Morgan fingerprint density at radius 3 is 1.88 bits per heavy atom. The lowest BCUT2D eigenvalue weighted by atomic mass is 10.00. The van der Waals surface area contributed by atoms with Crippen LogP contribution in [0.25, 0.3) is 0 Å². The summed E-state index contributed by atoms with van der Waals surface area (Å²) in [6, 6.07) is 0. The molecule has 0 aliphatic rings. The van der Waals surface area contributed by atoms with E-state index in [1.165, 1.54) is 0 Å². The van der Waals surface area contributed by atoms with Crippen LogP contribution in [0.5, 0.6) is 0 Å². The molecule has 0 aromatic rings. The van der Waals surface area contributed by atoms with Gasteiger partial charge in [-0.3, -0.25) is 4.79 Å². The monoisotopic (exact) mass is 131 g/mol. The van der Waals surface area contributed by atoms with Crippen molar-refractivity contribution in [1.82, 2.24) is 0 Å². The van der Waals surface area contributed by atoms with Gasteiger partial charge in [-0.15, -0.1) is 0 Å². The van der Waals surface area contributed by atoms with Crippen molar-refractivity contribution in [3.8, 4) is 0 Å². The molecule has 0 amide bonds. The third-order valence-corrected chi connectivity index (χ3v) is 1.62. The molecular weight excluding hydrogens is 120 g/mol. The first-order valence-electron chi connectivity index (χ1n) is 2.45. The Morgan fingerprint density at radius 2 is 1.88 bits per heavy atom. The van der Waals surface area contributed by atoms with Gasteiger partial charge >= 0.3 is 0 Å². The number of hydrogen-bond donors (Lipinski definition) is 0. The van der Waals surface area contributed by atoms with Crippen molar-refractivity contribution < 1.29 is 4.79 Å². The Kier molecular flexibility index (Phi) is 2.54. The van der Waals surface area contributed by atoms with Crippen LogP contribution in [0.15, 0.2) is 0 Å². The van der Waals surface area contributed by atoms with E-state index in [1.807, 2.05) is 20.8 Å². The van der Waals surface area contributed by atoms with Crippen LogP contribution < -0.4 is 0 Å². The third-order valence-electron chi connectivity index (χ3n) is 0.743. The first-order chi connectivity index (χ1) is 3.48. The molecule has 8 heavy (non-hydrogen) atoms. The number of thioether (sulfide) groups is 1. The van der Waals surface area contributed by atoms with Gasteiger partial charge in [0.05, 0.1) is 0 Å². The summed E-state index contributed by atoms with van der Waals surface area (Å²) in [5, 5.41) is 0.137. The van der Waals surface area contributed by atoms with E-state index < -0.39 is 0 Å². The molecule has 0 fully saturated rings. The minimum Gasteiger partial charge on any atom is -0.287 e. The minimum atomic E-state index is -0.230. The van der Waals surface area contributed by atoms with E-state index in [2.05, 4.69) is 6.26 Å². The highest BCUT2D eigenvalue weighted by atomic mass is 32.2. The summed E-state index contributed by atoms with van der Waals surface area (Å²) < 4.78 is 0. The minimum absolute atomic E-state index is 0.137. The first-order valence-corrected chi connectivity index (χ1v) is 3.43. The van der Waals surface area contributed by atoms with Gasteiger partial charge in [0, 0.05) is 11.7 Å². The predicted octanol–water partition coefficient (Wildman–Crippen LogP) is 2.08. The van der Waals surface area contributed by atoms with Gasteiger partial charge in [-0.25, -0.2) is 0 Å².